The lowest BCUT2D eigenvalue weighted by atomic mass is 10.0. The number of halogens is 4. The predicted octanol–water partition coefficient (Wildman–Crippen LogP) is 3.88. The summed E-state index contributed by atoms with van der Waals surface area (Å²) in [5.74, 6) is 0. The first-order chi connectivity index (χ1) is 8.48. The molecule has 0 bridgehead atoms. The molecule has 6 heteroatoms. The standard InChI is InChI=1S/C12H10ClF3N2/c13-11(7-18-6-5-17-8-18)9-3-1-2-4-10(9)12(14,15)16/h1-6,8,11H,7H2. The van der Waals surface area contributed by atoms with Crippen LogP contribution in [0.2, 0.25) is 0 Å². The zero-order chi connectivity index (χ0) is 13.2. The van der Waals surface area contributed by atoms with Crippen molar-refractivity contribution in [1.82, 2.24) is 9.55 Å². The minimum Gasteiger partial charge on any atom is -0.336 e. The number of benzene rings is 1. The highest BCUT2D eigenvalue weighted by molar-refractivity contribution is 6.20. The van der Waals surface area contributed by atoms with Gasteiger partial charge in [-0.15, -0.1) is 11.6 Å². The SMILES string of the molecule is FC(F)(F)c1ccccc1C(Cl)Cn1ccnc1. The molecule has 1 aromatic carbocycles. The van der Waals surface area contributed by atoms with Gasteiger partial charge < -0.3 is 4.57 Å². The molecule has 0 radical (unpaired) electrons. The van der Waals surface area contributed by atoms with Crippen LogP contribution in [-0.2, 0) is 12.7 Å². The fraction of sp³-hybridized carbons (Fsp3) is 0.250. The van der Waals surface area contributed by atoms with Crippen LogP contribution in [-0.4, -0.2) is 9.55 Å². The summed E-state index contributed by atoms with van der Waals surface area (Å²) < 4.78 is 40.1. The van der Waals surface area contributed by atoms with E-state index in [0.29, 0.717) is 0 Å². The van der Waals surface area contributed by atoms with Gasteiger partial charge in [-0.2, -0.15) is 13.2 Å². The summed E-state index contributed by atoms with van der Waals surface area (Å²) >= 11 is 6.06. The molecule has 0 fully saturated rings. The Bertz CT molecular complexity index is 508. The minimum atomic E-state index is -4.39. The second-order valence-corrected chi connectivity index (χ2v) is 4.34. The van der Waals surface area contributed by atoms with Crippen molar-refractivity contribution in [3.05, 3.63) is 54.1 Å². The molecule has 0 aliphatic heterocycles. The van der Waals surface area contributed by atoms with Crippen LogP contribution in [0.4, 0.5) is 13.2 Å². The zero-order valence-corrected chi connectivity index (χ0v) is 9.99. The van der Waals surface area contributed by atoms with E-state index in [0.717, 1.165) is 6.07 Å². The molecule has 1 atom stereocenters. The second kappa shape index (κ2) is 5.02. The largest absolute Gasteiger partial charge is 0.416 e. The topological polar surface area (TPSA) is 17.8 Å². The number of hydrogen-bond donors (Lipinski definition) is 0. The number of hydrogen-bond acceptors (Lipinski definition) is 1. The molecule has 2 aromatic rings. The van der Waals surface area contributed by atoms with Crippen molar-refractivity contribution in [2.24, 2.45) is 0 Å². The van der Waals surface area contributed by atoms with Crippen molar-refractivity contribution in [2.75, 3.05) is 0 Å². The Hall–Kier alpha value is -1.49. The first-order valence-corrected chi connectivity index (χ1v) is 5.68. The van der Waals surface area contributed by atoms with Gasteiger partial charge in [-0.3, -0.25) is 0 Å². The summed E-state index contributed by atoms with van der Waals surface area (Å²) in [6.07, 6.45) is 0.342. The number of imidazole rings is 1. The average Bonchev–Trinajstić information content (AvgIpc) is 2.80. The zero-order valence-electron chi connectivity index (χ0n) is 9.23. The maximum atomic E-state index is 12.8. The lowest BCUT2D eigenvalue weighted by Crippen LogP contribution is -2.12. The van der Waals surface area contributed by atoms with Gasteiger partial charge in [0.2, 0.25) is 0 Å². The van der Waals surface area contributed by atoms with E-state index in [9.17, 15) is 13.2 Å². The van der Waals surface area contributed by atoms with Crippen LogP contribution in [0.15, 0.2) is 43.0 Å². The Kier molecular flexibility index (Phi) is 3.61. The van der Waals surface area contributed by atoms with E-state index >= 15 is 0 Å². The van der Waals surface area contributed by atoms with Crippen LogP contribution in [0.25, 0.3) is 0 Å². The number of nitrogens with zero attached hydrogens (tertiary/aromatic N) is 2. The summed E-state index contributed by atoms with van der Waals surface area (Å²) in [5.41, 5.74) is -0.606. The number of rotatable bonds is 3. The molecule has 0 aliphatic rings. The summed E-state index contributed by atoms with van der Waals surface area (Å²) in [6, 6.07) is 5.34. The van der Waals surface area contributed by atoms with Gasteiger partial charge in [-0.05, 0) is 11.6 Å². The van der Waals surface area contributed by atoms with Gasteiger partial charge in [0.25, 0.3) is 0 Å². The highest BCUT2D eigenvalue weighted by atomic mass is 35.5. The molecule has 0 saturated heterocycles. The molecule has 1 heterocycles. The Balaban J connectivity index is 2.27. The maximum absolute atomic E-state index is 12.8. The van der Waals surface area contributed by atoms with E-state index in [4.69, 9.17) is 11.6 Å². The Morgan fingerprint density at radius 1 is 1.28 bits per heavy atom. The highest BCUT2D eigenvalue weighted by Crippen LogP contribution is 2.36. The van der Waals surface area contributed by atoms with Crippen LogP contribution < -0.4 is 0 Å². The molecule has 2 nitrogen and oxygen atoms in total. The monoisotopic (exact) mass is 274 g/mol. The molecule has 2 rings (SSSR count). The smallest absolute Gasteiger partial charge is 0.336 e. The third kappa shape index (κ3) is 2.85. The van der Waals surface area contributed by atoms with Crippen molar-refractivity contribution in [3.8, 4) is 0 Å². The van der Waals surface area contributed by atoms with Crippen LogP contribution in [0.5, 0.6) is 0 Å². The summed E-state index contributed by atoms with van der Waals surface area (Å²) in [7, 11) is 0. The first kappa shape index (κ1) is 13.0. The molecule has 18 heavy (non-hydrogen) atoms. The van der Waals surface area contributed by atoms with E-state index < -0.39 is 17.1 Å². The van der Waals surface area contributed by atoms with E-state index in [2.05, 4.69) is 4.98 Å². The molecular weight excluding hydrogens is 265 g/mol. The Labute approximate surface area is 107 Å². The van der Waals surface area contributed by atoms with Crippen molar-refractivity contribution < 1.29 is 13.2 Å². The van der Waals surface area contributed by atoms with Gasteiger partial charge in [0.1, 0.15) is 0 Å². The van der Waals surface area contributed by atoms with Crippen molar-refractivity contribution in [2.45, 2.75) is 18.1 Å². The normalized spacial score (nSPS) is 13.6. The van der Waals surface area contributed by atoms with Gasteiger partial charge in [-0.1, -0.05) is 18.2 Å². The van der Waals surface area contributed by atoms with Crippen LogP contribution in [0, 0.1) is 0 Å². The van der Waals surface area contributed by atoms with Crippen LogP contribution in [0.3, 0.4) is 0 Å². The summed E-state index contributed by atoms with van der Waals surface area (Å²) in [6.45, 7) is 0.245. The van der Waals surface area contributed by atoms with Gasteiger partial charge in [0, 0.05) is 18.9 Å². The predicted molar refractivity (Wildman–Crippen MR) is 62.3 cm³/mol. The third-order valence-electron chi connectivity index (χ3n) is 2.53. The van der Waals surface area contributed by atoms with Gasteiger partial charge in [0.05, 0.1) is 17.3 Å². The van der Waals surface area contributed by atoms with Gasteiger partial charge >= 0.3 is 6.18 Å². The van der Waals surface area contributed by atoms with Crippen LogP contribution in [0.1, 0.15) is 16.5 Å². The van der Waals surface area contributed by atoms with Gasteiger partial charge in [-0.25, -0.2) is 4.98 Å². The van der Waals surface area contributed by atoms with Gasteiger partial charge in [0.15, 0.2) is 0 Å². The third-order valence-corrected chi connectivity index (χ3v) is 2.91. The van der Waals surface area contributed by atoms with Crippen molar-refractivity contribution >= 4 is 11.6 Å². The highest BCUT2D eigenvalue weighted by Gasteiger charge is 2.34. The minimum absolute atomic E-state index is 0.0837. The molecule has 0 saturated carbocycles. The second-order valence-electron chi connectivity index (χ2n) is 3.81. The molecule has 1 unspecified atom stereocenters. The van der Waals surface area contributed by atoms with E-state index in [-0.39, 0.29) is 12.1 Å². The quantitative estimate of drug-likeness (QED) is 0.777. The lowest BCUT2D eigenvalue weighted by molar-refractivity contribution is -0.138. The van der Waals surface area contributed by atoms with E-state index in [1.165, 1.54) is 18.5 Å². The molecule has 1 aromatic heterocycles. The molecule has 0 N–H and O–H groups in total. The van der Waals surface area contributed by atoms with E-state index in [1.54, 1.807) is 23.0 Å². The molecule has 0 aliphatic carbocycles. The molecule has 96 valence electrons. The number of alkyl halides is 4. The fourth-order valence-electron chi connectivity index (χ4n) is 1.71. The first-order valence-electron chi connectivity index (χ1n) is 5.24. The van der Waals surface area contributed by atoms with Crippen molar-refractivity contribution in [3.63, 3.8) is 0 Å². The number of aromatic nitrogens is 2. The molecule has 0 spiro atoms. The molecule has 0 amide bonds. The maximum Gasteiger partial charge on any atom is 0.416 e. The molecular formula is C12H10ClF3N2. The Morgan fingerprint density at radius 3 is 2.61 bits per heavy atom. The van der Waals surface area contributed by atoms with Crippen LogP contribution >= 0.6 is 11.6 Å². The Morgan fingerprint density at radius 2 is 2.00 bits per heavy atom. The average molecular weight is 275 g/mol. The lowest BCUT2D eigenvalue weighted by Gasteiger charge is -2.17. The van der Waals surface area contributed by atoms with Crippen molar-refractivity contribution in [1.29, 1.82) is 0 Å². The van der Waals surface area contributed by atoms with E-state index in [1.807, 2.05) is 0 Å². The summed E-state index contributed by atoms with van der Waals surface area (Å²) in [4.78, 5) is 3.82. The summed E-state index contributed by atoms with van der Waals surface area (Å²) in [5, 5.41) is -0.753. The fourth-order valence-corrected chi connectivity index (χ4v) is 2.06.